The van der Waals surface area contributed by atoms with Crippen molar-refractivity contribution in [2.75, 3.05) is 6.54 Å². The maximum absolute atomic E-state index is 6.51. The van der Waals surface area contributed by atoms with E-state index in [-0.39, 0.29) is 11.7 Å². The third kappa shape index (κ3) is 3.37. The summed E-state index contributed by atoms with van der Waals surface area (Å²) in [6, 6.07) is 11.0. The molecule has 1 saturated heterocycles. The average Bonchev–Trinajstić information content (AvgIpc) is 2.39. The lowest BCUT2D eigenvalue weighted by atomic mass is 9.88. The van der Waals surface area contributed by atoms with E-state index in [1.807, 2.05) is 0 Å². The van der Waals surface area contributed by atoms with E-state index in [4.69, 9.17) is 4.74 Å². The third-order valence-electron chi connectivity index (χ3n) is 4.07. The van der Waals surface area contributed by atoms with Crippen molar-refractivity contribution in [3.63, 3.8) is 0 Å². The first kappa shape index (κ1) is 14.5. The zero-order valence-electron chi connectivity index (χ0n) is 12.6. The van der Waals surface area contributed by atoms with Gasteiger partial charge in [-0.2, -0.15) is 0 Å². The molecule has 3 atom stereocenters. The van der Waals surface area contributed by atoms with Crippen molar-refractivity contribution in [2.45, 2.75) is 58.3 Å². The highest BCUT2D eigenvalue weighted by Gasteiger charge is 2.39. The molecule has 2 rings (SSSR count). The summed E-state index contributed by atoms with van der Waals surface area (Å²) in [6.45, 7) is 9.93. The molecule has 0 aliphatic carbocycles. The summed E-state index contributed by atoms with van der Waals surface area (Å²) >= 11 is 0. The van der Waals surface area contributed by atoms with Gasteiger partial charge in [-0.15, -0.1) is 0 Å². The molecule has 1 fully saturated rings. The van der Waals surface area contributed by atoms with E-state index >= 15 is 0 Å². The number of ether oxygens (including phenoxy) is 1. The van der Waals surface area contributed by atoms with Crippen LogP contribution in [0.1, 0.15) is 52.2 Å². The quantitative estimate of drug-likeness (QED) is 0.886. The number of hydrogen-bond acceptors (Lipinski definition) is 2. The van der Waals surface area contributed by atoms with Gasteiger partial charge in [0.05, 0.1) is 11.7 Å². The van der Waals surface area contributed by atoms with Gasteiger partial charge in [-0.3, -0.25) is 0 Å². The van der Waals surface area contributed by atoms with Crippen LogP contribution in [-0.2, 0) is 4.74 Å². The van der Waals surface area contributed by atoms with E-state index in [0.717, 1.165) is 19.4 Å². The number of rotatable bonds is 4. The highest BCUT2D eigenvalue weighted by atomic mass is 16.5. The summed E-state index contributed by atoms with van der Waals surface area (Å²) in [5, 5.41) is 3.72. The molecule has 3 unspecified atom stereocenters. The van der Waals surface area contributed by atoms with E-state index in [1.165, 1.54) is 5.56 Å². The van der Waals surface area contributed by atoms with Gasteiger partial charge in [0.25, 0.3) is 0 Å². The second-order valence-electron chi connectivity index (χ2n) is 6.30. The Kier molecular flexibility index (Phi) is 4.64. The highest BCUT2D eigenvalue weighted by Crippen LogP contribution is 2.35. The van der Waals surface area contributed by atoms with Gasteiger partial charge in [-0.05, 0) is 24.8 Å². The predicted molar refractivity (Wildman–Crippen MR) is 80.2 cm³/mol. The molecule has 0 bridgehead atoms. The topological polar surface area (TPSA) is 21.3 Å². The molecule has 1 N–H and O–H groups in total. The van der Waals surface area contributed by atoms with Gasteiger partial charge in [0.15, 0.2) is 0 Å². The Morgan fingerprint density at radius 2 is 2.00 bits per heavy atom. The van der Waals surface area contributed by atoms with Gasteiger partial charge < -0.3 is 10.1 Å². The van der Waals surface area contributed by atoms with Gasteiger partial charge in [0, 0.05) is 12.6 Å². The number of benzene rings is 1. The third-order valence-corrected chi connectivity index (χ3v) is 4.07. The van der Waals surface area contributed by atoms with Gasteiger partial charge in [0.1, 0.15) is 0 Å². The van der Waals surface area contributed by atoms with Crippen molar-refractivity contribution in [3.8, 4) is 0 Å². The first-order valence-corrected chi connectivity index (χ1v) is 7.52. The Bertz CT molecular complexity index is 390. The lowest BCUT2D eigenvalue weighted by Gasteiger charge is -2.45. The van der Waals surface area contributed by atoms with E-state index < -0.39 is 0 Å². The van der Waals surface area contributed by atoms with Crippen LogP contribution in [0, 0.1) is 5.92 Å². The van der Waals surface area contributed by atoms with Gasteiger partial charge in [-0.25, -0.2) is 0 Å². The fourth-order valence-corrected chi connectivity index (χ4v) is 3.04. The van der Waals surface area contributed by atoms with E-state index in [0.29, 0.717) is 12.0 Å². The normalized spacial score (nSPS) is 31.6. The summed E-state index contributed by atoms with van der Waals surface area (Å²) in [6.07, 6.45) is 2.42. The van der Waals surface area contributed by atoms with E-state index in [2.05, 4.69) is 63.3 Å². The minimum Gasteiger partial charge on any atom is -0.364 e. The van der Waals surface area contributed by atoms with Crippen molar-refractivity contribution in [1.29, 1.82) is 0 Å². The Morgan fingerprint density at radius 1 is 1.32 bits per heavy atom. The van der Waals surface area contributed by atoms with Crippen molar-refractivity contribution in [1.82, 2.24) is 5.32 Å². The second-order valence-corrected chi connectivity index (χ2v) is 6.30. The van der Waals surface area contributed by atoms with Crippen LogP contribution in [0.4, 0.5) is 0 Å². The Balaban J connectivity index is 2.23. The summed E-state index contributed by atoms with van der Waals surface area (Å²) in [5.41, 5.74) is 1.25. The van der Waals surface area contributed by atoms with Crippen molar-refractivity contribution >= 4 is 0 Å². The van der Waals surface area contributed by atoms with Gasteiger partial charge in [0.2, 0.25) is 0 Å². The predicted octanol–water partition coefficient (Wildman–Crippen LogP) is 3.93. The molecular formula is C17H27NO. The zero-order valence-corrected chi connectivity index (χ0v) is 12.6. The van der Waals surface area contributed by atoms with Crippen LogP contribution < -0.4 is 5.32 Å². The van der Waals surface area contributed by atoms with Crippen LogP contribution in [0.2, 0.25) is 0 Å². The van der Waals surface area contributed by atoms with Crippen LogP contribution >= 0.6 is 0 Å². The fraction of sp³-hybridized carbons (Fsp3) is 0.647. The molecule has 19 heavy (non-hydrogen) atoms. The largest absolute Gasteiger partial charge is 0.364 e. The second kappa shape index (κ2) is 6.06. The van der Waals surface area contributed by atoms with Crippen molar-refractivity contribution < 1.29 is 4.74 Å². The zero-order chi connectivity index (χ0) is 13.9. The molecule has 0 amide bonds. The molecule has 2 heteroatoms. The first-order chi connectivity index (χ1) is 9.06. The molecule has 106 valence electrons. The molecule has 1 aliphatic rings. The fourth-order valence-electron chi connectivity index (χ4n) is 3.04. The van der Waals surface area contributed by atoms with Crippen LogP contribution in [-0.4, -0.2) is 18.2 Å². The maximum Gasteiger partial charge on any atom is 0.0988 e. The van der Waals surface area contributed by atoms with Crippen LogP contribution in [0.5, 0.6) is 0 Å². The van der Waals surface area contributed by atoms with Crippen molar-refractivity contribution in [2.24, 2.45) is 5.92 Å². The van der Waals surface area contributed by atoms with Crippen LogP contribution in [0.3, 0.4) is 0 Å². The summed E-state index contributed by atoms with van der Waals surface area (Å²) in [4.78, 5) is 0. The molecule has 0 radical (unpaired) electrons. The van der Waals surface area contributed by atoms with E-state index in [1.54, 1.807) is 0 Å². The molecular weight excluding hydrogens is 234 g/mol. The first-order valence-electron chi connectivity index (χ1n) is 7.52. The molecule has 1 aromatic rings. The lowest BCUT2D eigenvalue weighted by molar-refractivity contribution is -0.139. The number of morpholine rings is 1. The molecule has 2 nitrogen and oxygen atoms in total. The number of hydrogen-bond donors (Lipinski definition) is 1. The maximum atomic E-state index is 6.51. The summed E-state index contributed by atoms with van der Waals surface area (Å²) in [7, 11) is 0. The lowest BCUT2D eigenvalue weighted by Crippen LogP contribution is -2.56. The van der Waals surface area contributed by atoms with Crippen LogP contribution in [0.25, 0.3) is 0 Å². The Labute approximate surface area is 117 Å². The monoisotopic (exact) mass is 261 g/mol. The number of nitrogens with one attached hydrogen (secondary N) is 1. The summed E-state index contributed by atoms with van der Waals surface area (Å²) < 4.78 is 6.51. The summed E-state index contributed by atoms with van der Waals surface area (Å²) in [5.74, 6) is 0.566. The SMILES string of the molecule is CCCC1(C)CNC(C(C)C)C(c2ccccc2)O1. The van der Waals surface area contributed by atoms with Crippen molar-refractivity contribution in [3.05, 3.63) is 35.9 Å². The molecule has 1 aliphatic heterocycles. The molecule has 1 heterocycles. The molecule has 1 aromatic carbocycles. The minimum atomic E-state index is -0.0410. The van der Waals surface area contributed by atoms with Gasteiger partial charge in [-0.1, -0.05) is 57.5 Å². The molecule has 0 aromatic heterocycles. The van der Waals surface area contributed by atoms with E-state index in [9.17, 15) is 0 Å². The van der Waals surface area contributed by atoms with Crippen LogP contribution in [0.15, 0.2) is 30.3 Å². The standard InChI is InChI=1S/C17H27NO/c1-5-11-17(4)12-18-15(13(2)3)16(19-17)14-9-7-6-8-10-14/h6-10,13,15-16,18H,5,11-12H2,1-4H3. The highest BCUT2D eigenvalue weighted by molar-refractivity contribution is 5.20. The molecule has 0 saturated carbocycles. The Morgan fingerprint density at radius 3 is 2.58 bits per heavy atom. The smallest absolute Gasteiger partial charge is 0.0988 e. The minimum absolute atomic E-state index is 0.0410. The average molecular weight is 261 g/mol. The van der Waals surface area contributed by atoms with Gasteiger partial charge >= 0.3 is 0 Å². The molecule has 0 spiro atoms. The Hall–Kier alpha value is -0.860.